The highest BCUT2D eigenvalue weighted by Crippen LogP contribution is 2.36. The summed E-state index contributed by atoms with van der Waals surface area (Å²) in [5, 5.41) is 7.02. The van der Waals surface area contributed by atoms with E-state index in [2.05, 4.69) is 39.7 Å². The number of pyridine rings is 1. The Morgan fingerprint density at radius 1 is 1.21 bits per heavy atom. The van der Waals surface area contributed by atoms with Gasteiger partial charge in [-0.25, -0.2) is 4.98 Å². The molecule has 6 nitrogen and oxygen atoms in total. The molecule has 1 amide bonds. The molecule has 120 valence electrons. The van der Waals surface area contributed by atoms with E-state index in [1.165, 1.54) is 5.56 Å². The van der Waals surface area contributed by atoms with Crippen molar-refractivity contribution in [2.75, 3.05) is 11.1 Å². The van der Waals surface area contributed by atoms with Crippen molar-refractivity contribution in [1.82, 2.24) is 14.8 Å². The first-order valence-electron chi connectivity index (χ1n) is 7.81. The lowest BCUT2D eigenvalue weighted by molar-refractivity contribution is -0.116. The van der Waals surface area contributed by atoms with E-state index in [1.807, 2.05) is 23.0 Å². The van der Waals surface area contributed by atoms with Crippen LogP contribution >= 0.6 is 0 Å². The summed E-state index contributed by atoms with van der Waals surface area (Å²) >= 11 is 0. The summed E-state index contributed by atoms with van der Waals surface area (Å²) in [6, 6.07) is 13.9. The highest BCUT2D eigenvalue weighted by Gasteiger charge is 2.27. The fraction of sp³-hybridized carbons (Fsp3) is 0.167. The number of nitrogens with two attached hydrogens (primary N) is 1. The van der Waals surface area contributed by atoms with Gasteiger partial charge in [-0.3, -0.25) is 9.48 Å². The Morgan fingerprint density at radius 3 is 2.79 bits per heavy atom. The zero-order valence-corrected chi connectivity index (χ0v) is 13.0. The number of aromatic nitrogens is 3. The zero-order chi connectivity index (χ0) is 16.5. The molecular formula is C18H17N5O. The first-order valence-corrected chi connectivity index (χ1v) is 7.81. The second kappa shape index (κ2) is 5.81. The number of hydrogen-bond donors (Lipinski definition) is 2. The molecule has 0 radical (unpaired) electrons. The molecule has 0 bridgehead atoms. The van der Waals surface area contributed by atoms with Crippen LogP contribution in [0.2, 0.25) is 0 Å². The third kappa shape index (κ3) is 2.74. The van der Waals surface area contributed by atoms with Crippen LogP contribution in [0.1, 0.15) is 29.0 Å². The van der Waals surface area contributed by atoms with E-state index in [0.29, 0.717) is 18.1 Å². The van der Waals surface area contributed by atoms with Crippen LogP contribution < -0.4 is 11.1 Å². The molecular weight excluding hydrogens is 302 g/mol. The molecule has 6 heteroatoms. The molecule has 1 atom stereocenters. The Bertz CT molecular complexity index is 871. The number of amides is 1. The van der Waals surface area contributed by atoms with E-state index < -0.39 is 0 Å². The molecule has 4 rings (SSSR count). The van der Waals surface area contributed by atoms with Gasteiger partial charge in [0.05, 0.1) is 6.54 Å². The Balaban J connectivity index is 1.63. The number of fused-ring (bicyclic) bond motifs is 1. The summed E-state index contributed by atoms with van der Waals surface area (Å²) in [7, 11) is 0. The van der Waals surface area contributed by atoms with Gasteiger partial charge >= 0.3 is 0 Å². The Labute approximate surface area is 139 Å². The number of rotatable bonds is 3. The number of benzene rings is 1. The van der Waals surface area contributed by atoms with E-state index in [4.69, 9.17) is 5.73 Å². The lowest BCUT2D eigenvalue weighted by atomic mass is 9.86. The van der Waals surface area contributed by atoms with Gasteiger partial charge in [-0.05, 0) is 23.3 Å². The normalized spacial score (nSPS) is 16.5. The van der Waals surface area contributed by atoms with Crippen molar-refractivity contribution < 1.29 is 4.79 Å². The van der Waals surface area contributed by atoms with Crippen LogP contribution in [0.25, 0.3) is 0 Å². The van der Waals surface area contributed by atoms with Gasteiger partial charge < -0.3 is 11.1 Å². The largest absolute Gasteiger partial charge is 0.384 e. The highest BCUT2D eigenvalue weighted by molar-refractivity contribution is 5.94. The fourth-order valence-corrected chi connectivity index (χ4v) is 3.08. The van der Waals surface area contributed by atoms with Gasteiger partial charge in [0.1, 0.15) is 11.6 Å². The molecule has 3 aromatic rings. The van der Waals surface area contributed by atoms with Crippen molar-refractivity contribution in [1.29, 1.82) is 0 Å². The number of carbonyl (C=O) groups excluding carboxylic acids is 1. The van der Waals surface area contributed by atoms with Crippen LogP contribution in [-0.4, -0.2) is 20.7 Å². The van der Waals surface area contributed by atoms with Gasteiger partial charge in [0.15, 0.2) is 0 Å². The zero-order valence-electron chi connectivity index (χ0n) is 13.0. The fourth-order valence-electron chi connectivity index (χ4n) is 3.08. The van der Waals surface area contributed by atoms with E-state index in [0.717, 1.165) is 17.7 Å². The first kappa shape index (κ1) is 14.4. The summed E-state index contributed by atoms with van der Waals surface area (Å²) in [6.45, 7) is 0.729. The second-order valence-corrected chi connectivity index (χ2v) is 5.92. The molecule has 3 heterocycles. The van der Waals surface area contributed by atoms with Crippen molar-refractivity contribution in [3.63, 3.8) is 0 Å². The number of hydrogen-bond acceptors (Lipinski definition) is 4. The maximum absolute atomic E-state index is 12.0. The van der Waals surface area contributed by atoms with Crippen LogP contribution in [0.4, 0.5) is 11.6 Å². The molecule has 0 spiro atoms. The molecule has 3 N–H and O–H groups in total. The molecule has 1 aromatic carbocycles. The smallest absolute Gasteiger partial charge is 0.226 e. The quantitative estimate of drug-likeness (QED) is 0.776. The first-order chi connectivity index (χ1) is 11.7. The van der Waals surface area contributed by atoms with Crippen LogP contribution in [-0.2, 0) is 11.3 Å². The summed E-state index contributed by atoms with van der Waals surface area (Å²) in [4.78, 5) is 16.2. The predicted molar refractivity (Wildman–Crippen MR) is 91.5 cm³/mol. The number of nitrogens with zero attached hydrogens (tertiary/aromatic N) is 3. The summed E-state index contributed by atoms with van der Waals surface area (Å²) in [6.07, 6.45) is 4.12. The number of nitrogens with one attached hydrogen (secondary N) is 1. The molecule has 0 saturated heterocycles. The molecule has 1 aliphatic heterocycles. The predicted octanol–water partition coefficient (Wildman–Crippen LogP) is 2.38. The monoisotopic (exact) mass is 319 g/mol. The van der Waals surface area contributed by atoms with Crippen LogP contribution in [0.3, 0.4) is 0 Å². The van der Waals surface area contributed by atoms with E-state index in [-0.39, 0.29) is 11.8 Å². The third-order valence-corrected chi connectivity index (χ3v) is 4.26. The number of carbonyl (C=O) groups is 1. The molecule has 2 aromatic heterocycles. The van der Waals surface area contributed by atoms with Crippen molar-refractivity contribution in [2.45, 2.75) is 18.9 Å². The van der Waals surface area contributed by atoms with E-state index >= 15 is 0 Å². The van der Waals surface area contributed by atoms with Crippen molar-refractivity contribution in [2.24, 2.45) is 0 Å². The van der Waals surface area contributed by atoms with E-state index in [9.17, 15) is 4.79 Å². The van der Waals surface area contributed by atoms with Gasteiger partial charge in [-0.1, -0.05) is 30.3 Å². The standard InChI is InChI=1S/C18H17N5O/c19-16-7-6-14-15(10-17(24)22-18(14)21-16)13-4-2-12(3-5-13)11-23-9-1-8-20-23/h1-9,15H,10-11H2,(H3,19,21,22,24). The Morgan fingerprint density at radius 2 is 2.04 bits per heavy atom. The van der Waals surface area contributed by atoms with Gasteiger partial charge in [-0.2, -0.15) is 5.10 Å². The van der Waals surface area contributed by atoms with Gasteiger partial charge in [0.2, 0.25) is 5.91 Å². The second-order valence-electron chi connectivity index (χ2n) is 5.92. The lowest BCUT2D eigenvalue weighted by Crippen LogP contribution is -2.24. The minimum Gasteiger partial charge on any atom is -0.384 e. The SMILES string of the molecule is Nc1ccc2c(n1)NC(=O)CC2c1ccc(Cn2cccn2)cc1. The Kier molecular flexibility index (Phi) is 3.49. The van der Waals surface area contributed by atoms with E-state index in [1.54, 1.807) is 12.3 Å². The van der Waals surface area contributed by atoms with Gasteiger partial charge in [0.25, 0.3) is 0 Å². The number of nitrogen functional groups attached to an aromatic ring is 1. The summed E-state index contributed by atoms with van der Waals surface area (Å²) in [5.41, 5.74) is 8.99. The molecule has 1 aliphatic rings. The molecule has 0 aliphatic carbocycles. The van der Waals surface area contributed by atoms with Crippen molar-refractivity contribution >= 4 is 17.5 Å². The third-order valence-electron chi connectivity index (χ3n) is 4.26. The maximum Gasteiger partial charge on any atom is 0.226 e. The van der Waals surface area contributed by atoms with Crippen LogP contribution in [0.15, 0.2) is 54.9 Å². The van der Waals surface area contributed by atoms with Gasteiger partial charge in [0, 0.05) is 30.3 Å². The molecule has 0 saturated carbocycles. The minimum atomic E-state index is -0.0359. The maximum atomic E-state index is 12.0. The average Bonchev–Trinajstić information content (AvgIpc) is 3.07. The Hall–Kier alpha value is -3.15. The van der Waals surface area contributed by atoms with Crippen molar-refractivity contribution in [3.8, 4) is 0 Å². The molecule has 1 unspecified atom stereocenters. The summed E-state index contributed by atoms with van der Waals surface area (Å²) in [5.74, 6) is 0.938. The molecule has 24 heavy (non-hydrogen) atoms. The highest BCUT2D eigenvalue weighted by atomic mass is 16.1. The van der Waals surface area contributed by atoms with Crippen LogP contribution in [0, 0.1) is 0 Å². The van der Waals surface area contributed by atoms with Crippen molar-refractivity contribution in [3.05, 3.63) is 71.5 Å². The topological polar surface area (TPSA) is 85.8 Å². The molecule has 0 fully saturated rings. The van der Waals surface area contributed by atoms with Crippen LogP contribution in [0.5, 0.6) is 0 Å². The van der Waals surface area contributed by atoms with Gasteiger partial charge in [-0.15, -0.1) is 0 Å². The summed E-state index contributed by atoms with van der Waals surface area (Å²) < 4.78 is 1.88. The minimum absolute atomic E-state index is 0.000559. The average molecular weight is 319 g/mol. The lowest BCUT2D eigenvalue weighted by Gasteiger charge is -2.25. The number of anilines is 2.